The first-order valence-corrected chi connectivity index (χ1v) is 13.1. The van der Waals surface area contributed by atoms with Gasteiger partial charge in [-0.1, -0.05) is 5.21 Å². The van der Waals surface area contributed by atoms with Crippen LogP contribution in [0.15, 0.2) is 41.3 Å². The van der Waals surface area contributed by atoms with Gasteiger partial charge in [0.25, 0.3) is 0 Å². The molecule has 0 saturated carbocycles. The Morgan fingerprint density at radius 2 is 2.03 bits per heavy atom. The maximum atomic E-state index is 13.2. The van der Waals surface area contributed by atoms with Crippen molar-refractivity contribution in [2.24, 2.45) is 0 Å². The minimum Gasteiger partial charge on any atom is -0.488 e. The van der Waals surface area contributed by atoms with Crippen LogP contribution in [0.1, 0.15) is 36.4 Å². The number of hydrogen-bond acceptors (Lipinski definition) is 8. The fourth-order valence-electron chi connectivity index (χ4n) is 5.01. The van der Waals surface area contributed by atoms with Gasteiger partial charge in [-0.15, -0.1) is 5.10 Å². The summed E-state index contributed by atoms with van der Waals surface area (Å²) < 4.78 is 29.1. The van der Waals surface area contributed by atoms with Gasteiger partial charge in [-0.2, -0.15) is 5.10 Å². The molecule has 0 bridgehead atoms. The number of nitrogens with zero attached hydrogens (tertiary/aromatic N) is 7. The summed E-state index contributed by atoms with van der Waals surface area (Å²) >= 11 is 3.53. The number of aromatic nitrogens is 6. The summed E-state index contributed by atoms with van der Waals surface area (Å²) in [5.41, 5.74) is 3.60. The summed E-state index contributed by atoms with van der Waals surface area (Å²) in [5, 5.41) is 24.0. The highest BCUT2D eigenvalue weighted by Crippen LogP contribution is 2.34. The third-order valence-electron chi connectivity index (χ3n) is 7.20. The molecule has 6 rings (SSSR count). The van der Waals surface area contributed by atoms with Crippen molar-refractivity contribution < 1.29 is 19.0 Å². The first kappa shape index (κ1) is 24.4. The lowest BCUT2D eigenvalue weighted by molar-refractivity contribution is -0.0735. The minimum absolute atomic E-state index is 0.0638. The van der Waals surface area contributed by atoms with E-state index in [2.05, 4.69) is 41.2 Å². The number of ether oxygens (including phenoxy) is 2. The average Bonchev–Trinajstić information content (AvgIpc) is 3.44. The molecule has 2 aliphatic heterocycles. The van der Waals surface area contributed by atoms with Crippen LogP contribution in [0.2, 0.25) is 0 Å². The Morgan fingerprint density at radius 1 is 1.22 bits per heavy atom. The van der Waals surface area contributed by atoms with Gasteiger partial charge in [0.2, 0.25) is 0 Å². The van der Waals surface area contributed by atoms with Crippen LogP contribution in [0.25, 0.3) is 16.8 Å². The maximum absolute atomic E-state index is 13.2. The number of aliphatic hydroxyl groups is 1. The van der Waals surface area contributed by atoms with E-state index in [0.717, 1.165) is 72.3 Å². The van der Waals surface area contributed by atoms with Crippen LogP contribution in [-0.2, 0) is 4.74 Å². The molecule has 10 nitrogen and oxygen atoms in total. The van der Waals surface area contributed by atoms with E-state index >= 15 is 0 Å². The van der Waals surface area contributed by atoms with Gasteiger partial charge < -0.3 is 14.6 Å². The van der Waals surface area contributed by atoms with Gasteiger partial charge in [-0.3, -0.25) is 9.88 Å². The van der Waals surface area contributed by atoms with Crippen LogP contribution in [0, 0.1) is 12.7 Å². The lowest BCUT2D eigenvalue weighted by Crippen LogP contribution is -2.52. The molecule has 0 aromatic carbocycles. The van der Waals surface area contributed by atoms with Gasteiger partial charge in [-0.05, 0) is 53.9 Å². The highest BCUT2D eigenvalue weighted by Gasteiger charge is 2.31. The molecular formula is C25H27BrFN7O3. The second-order valence-electron chi connectivity index (χ2n) is 9.53. The monoisotopic (exact) mass is 571 g/mol. The van der Waals surface area contributed by atoms with Gasteiger partial charge >= 0.3 is 0 Å². The topological polar surface area (TPSA) is 103 Å². The number of likely N-dealkylation sites (tertiary alicyclic amines) is 1. The van der Waals surface area contributed by atoms with Gasteiger partial charge in [-0.25, -0.2) is 13.6 Å². The van der Waals surface area contributed by atoms with Crippen molar-refractivity contribution in [2.45, 2.75) is 38.0 Å². The highest BCUT2D eigenvalue weighted by atomic mass is 79.9. The third kappa shape index (κ3) is 4.74. The molecule has 194 valence electrons. The van der Waals surface area contributed by atoms with Crippen molar-refractivity contribution in [1.82, 2.24) is 34.5 Å². The summed E-state index contributed by atoms with van der Waals surface area (Å²) in [6.07, 6.45) is 5.68. The molecule has 4 aromatic heterocycles. The van der Waals surface area contributed by atoms with Crippen LogP contribution >= 0.6 is 15.9 Å². The summed E-state index contributed by atoms with van der Waals surface area (Å²) in [4.78, 5) is 6.45. The zero-order valence-electron chi connectivity index (χ0n) is 20.3. The fourth-order valence-corrected chi connectivity index (χ4v) is 5.48. The molecule has 1 atom stereocenters. The average molecular weight is 572 g/mol. The summed E-state index contributed by atoms with van der Waals surface area (Å²) in [6, 6.07) is 5.44. The van der Waals surface area contributed by atoms with Crippen LogP contribution in [0.5, 0.6) is 5.75 Å². The molecule has 2 aliphatic rings. The first-order valence-electron chi connectivity index (χ1n) is 12.3. The third-order valence-corrected chi connectivity index (χ3v) is 7.78. The molecule has 0 amide bonds. The summed E-state index contributed by atoms with van der Waals surface area (Å²) in [6.45, 7) is 5.71. The van der Waals surface area contributed by atoms with Gasteiger partial charge in [0.05, 0.1) is 53.6 Å². The second-order valence-corrected chi connectivity index (χ2v) is 10.4. The molecule has 2 saturated heterocycles. The van der Waals surface area contributed by atoms with E-state index in [1.54, 1.807) is 10.7 Å². The lowest BCUT2D eigenvalue weighted by atomic mass is 10.0. The van der Waals surface area contributed by atoms with E-state index in [1.165, 1.54) is 12.1 Å². The number of hydrogen-bond donors (Lipinski definition) is 1. The zero-order chi connectivity index (χ0) is 25.5. The Balaban J connectivity index is 1.24. The quantitative estimate of drug-likeness (QED) is 0.360. The van der Waals surface area contributed by atoms with E-state index in [4.69, 9.17) is 9.47 Å². The lowest BCUT2D eigenvalue weighted by Gasteiger charge is -2.41. The molecular weight excluding hydrogens is 545 g/mol. The molecule has 37 heavy (non-hydrogen) atoms. The highest BCUT2D eigenvalue weighted by molar-refractivity contribution is 9.10. The van der Waals surface area contributed by atoms with E-state index in [1.807, 2.05) is 23.9 Å². The van der Waals surface area contributed by atoms with Crippen molar-refractivity contribution >= 4 is 21.4 Å². The minimum atomic E-state index is -1.02. The number of rotatable bonds is 7. The Labute approximate surface area is 221 Å². The van der Waals surface area contributed by atoms with Crippen LogP contribution in [0.3, 0.4) is 0 Å². The number of piperidine rings is 1. The van der Waals surface area contributed by atoms with Gasteiger partial charge in [0.1, 0.15) is 35.5 Å². The second kappa shape index (κ2) is 10.1. The first-order chi connectivity index (χ1) is 18.0. The van der Waals surface area contributed by atoms with E-state index in [0.29, 0.717) is 23.5 Å². The SMILES string of the molecule is Cc1c(-c2cc(OCC(O)c3ccc(F)cn3)c3c(Br)cnn3c2)nnn1C1CCN(C2COC2)CC1. The number of halogens is 2. The van der Waals surface area contributed by atoms with Crippen LogP contribution in [-0.4, -0.2) is 78.6 Å². The Bertz CT molecular complexity index is 1400. The van der Waals surface area contributed by atoms with Crippen molar-refractivity contribution in [3.05, 3.63) is 58.5 Å². The number of fused-ring (bicyclic) bond motifs is 1. The summed E-state index contributed by atoms with van der Waals surface area (Å²) in [5.74, 6) is 0.0596. The van der Waals surface area contributed by atoms with Crippen molar-refractivity contribution in [1.29, 1.82) is 0 Å². The van der Waals surface area contributed by atoms with Gasteiger partial charge in [0, 0.05) is 24.8 Å². The summed E-state index contributed by atoms with van der Waals surface area (Å²) in [7, 11) is 0. The molecule has 4 aromatic rings. The molecule has 6 heterocycles. The number of aliphatic hydroxyl groups excluding tert-OH is 1. The largest absolute Gasteiger partial charge is 0.488 e. The van der Waals surface area contributed by atoms with Crippen LogP contribution < -0.4 is 4.74 Å². The molecule has 12 heteroatoms. The van der Waals surface area contributed by atoms with Crippen LogP contribution in [0.4, 0.5) is 4.39 Å². The molecule has 1 unspecified atom stereocenters. The number of pyridine rings is 2. The molecule has 1 N–H and O–H groups in total. The van der Waals surface area contributed by atoms with E-state index in [-0.39, 0.29) is 6.61 Å². The fraction of sp³-hybridized carbons (Fsp3) is 0.440. The molecule has 0 spiro atoms. The smallest absolute Gasteiger partial charge is 0.147 e. The normalized spacial score (nSPS) is 18.3. The molecule has 0 aliphatic carbocycles. The Hall–Kier alpha value is -2.93. The molecule has 0 radical (unpaired) electrons. The predicted molar refractivity (Wildman–Crippen MR) is 136 cm³/mol. The van der Waals surface area contributed by atoms with Gasteiger partial charge in [0.15, 0.2) is 0 Å². The van der Waals surface area contributed by atoms with E-state index in [9.17, 15) is 9.50 Å². The standard InChI is InChI=1S/C25H27BrFN7O3/c1-15-24(30-31-34(15)18-4-6-32(7-5-18)19-12-36-13-19)16-8-23(25-20(26)10-29-33(25)11-16)37-14-22(35)21-3-2-17(27)9-28-21/h2-3,8-11,18-19,22,35H,4-7,12-14H2,1H3. The predicted octanol–water partition coefficient (Wildman–Crippen LogP) is 3.35. The van der Waals surface area contributed by atoms with Crippen molar-refractivity contribution in [2.75, 3.05) is 32.9 Å². The van der Waals surface area contributed by atoms with E-state index < -0.39 is 11.9 Å². The Kier molecular flexibility index (Phi) is 6.65. The molecule has 2 fully saturated rings. The Morgan fingerprint density at radius 3 is 2.73 bits per heavy atom. The maximum Gasteiger partial charge on any atom is 0.147 e. The zero-order valence-corrected chi connectivity index (χ0v) is 21.9. The van der Waals surface area contributed by atoms with Crippen molar-refractivity contribution in [3.63, 3.8) is 0 Å². The van der Waals surface area contributed by atoms with Crippen molar-refractivity contribution in [3.8, 4) is 17.0 Å².